The van der Waals surface area contributed by atoms with Gasteiger partial charge in [0, 0.05) is 23.2 Å². The van der Waals surface area contributed by atoms with Crippen molar-refractivity contribution in [1.29, 1.82) is 0 Å². The van der Waals surface area contributed by atoms with E-state index in [0.717, 1.165) is 28.1 Å². The van der Waals surface area contributed by atoms with E-state index in [0.29, 0.717) is 18.5 Å². The second-order valence-corrected chi connectivity index (χ2v) is 6.56. The summed E-state index contributed by atoms with van der Waals surface area (Å²) in [6.07, 6.45) is 0.961. The molecule has 2 aromatic carbocycles. The van der Waals surface area contributed by atoms with Crippen LogP contribution in [0.25, 0.3) is 16.9 Å². The summed E-state index contributed by atoms with van der Waals surface area (Å²) in [5, 5.41) is 7.52. The number of hydrogen-bond donors (Lipinski definition) is 3. The molecule has 0 radical (unpaired) electrons. The van der Waals surface area contributed by atoms with Crippen LogP contribution >= 0.6 is 0 Å². The van der Waals surface area contributed by atoms with Gasteiger partial charge >= 0.3 is 0 Å². The summed E-state index contributed by atoms with van der Waals surface area (Å²) < 4.78 is 1.56. The highest BCUT2D eigenvalue weighted by Gasteiger charge is 2.26. The Hall–Kier alpha value is -3.61. The fraction of sp³-hybridized carbons (Fsp3) is 0.150. The van der Waals surface area contributed by atoms with Crippen molar-refractivity contribution in [3.05, 3.63) is 59.2 Å². The molecule has 7 nitrogen and oxygen atoms in total. The van der Waals surface area contributed by atoms with Crippen LogP contribution in [0, 0.1) is 6.92 Å². The Morgan fingerprint density at radius 2 is 1.89 bits per heavy atom. The number of aryl methyl sites for hydroxylation is 1. The zero-order valence-electron chi connectivity index (χ0n) is 14.8. The highest BCUT2D eigenvalue weighted by molar-refractivity contribution is 6.03. The Morgan fingerprint density at radius 1 is 1.15 bits per heavy atom. The molecule has 2 amide bonds. The summed E-state index contributed by atoms with van der Waals surface area (Å²) >= 11 is 0. The molecule has 1 aromatic heterocycles. The molecule has 3 aromatic rings. The van der Waals surface area contributed by atoms with E-state index in [1.807, 2.05) is 49.4 Å². The second-order valence-electron chi connectivity index (χ2n) is 6.56. The zero-order valence-corrected chi connectivity index (χ0v) is 14.8. The summed E-state index contributed by atoms with van der Waals surface area (Å²) in [4.78, 5) is 23.8. The maximum Gasteiger partial charge on any atom is 0.254 e. The third-order valence-corrected chi connectivity index (χ3v) is 4.79. The van der Waals surface area contributed by atoms with Crippen LogP contribution in [-0.4, -0.2) is 21.6 Å². The number of benzene rings is 2. The van der Waals surface area contributed by atoms with Gasteiger partial charge in [0.2, 0.25) is 5.91 Å². The van der Waals surface area contributed by atoms with E-state index in [-0.39, 0.29) is 17.3 Å². The smallest absolute Gasteiger partial charge is 0.254 e. The fourth-order valence-corrected chi connectivity index (χ4v) is 3.51. The van der Waals surface area contributed by atoms with Crippen LogP contribution in [0.2, 0.25) is 0 Å². The Labute approximate surface area is 156 Å². The Kier molecular flexibility index (Phi) is 3.92. The molecule has 2 heterocycles. The maximum absolute atomic E-state index is 12.1. The van der Waals surface area contributed by atoms with Crippen LogP contribution in [0.5, 0.6) is 0 Å². The third kappa shape index (κ3) is 2.73. The predicted octanol–water partition coefficient (Wildman–Crippen LogP) is 2.41. The topological polar surface area (TPSA) is 116 Å². The van der Waals surface area contributed by atoms with Gasteiger partial charge < -0.3 is 16.8 Å². The lowest BCUT2D eigenvalue weighted by Crippen LogP contribution is -2.21. The van der Waals surface area contributed by atoms with Crippen LogP contribution in [-0.2, 0) is 11.2 Å². The number of carbonyl (C=O) groups excluding carboxylic acids is 2. The Balaban J connectivity index is 1.98. The van der Waals surface area contributed by atoms with Gasteiger partial charge in [-0.05, 0) is 25.0 Å². The highest BCUT2D eigenvalue weighted by Crippen LogP contribution is 2.35. The Morgan fingerprint density at radius 3 is 2.59 bits per heavy atom. The molecule has 7 heteroatoms. The summed E-state index contributed by atoms with van der Waals surface area (Å²) in [7, 11) is 0. The molecule has 0 saturated carbocycles. The van der Waals surface area contributed by atoms with E-state index in [4.69, 9.17) is 11.5 Å². The van der Waals surface area contributed by atoms with Crippen LogP contribution < -0.4 is 16.8 Å². The highest BCUT2D eigenvalue weighted by atomic mass is 16.2. The number of carbonyl (C=O) groups is 2. The van der Waals surface area contributed by atoms with Gasteiger partial charge in [0.15, 0.2) is 0 Å². The molecular formula is C20H19N5O2. The van der Waals surface area contributed by atoms with E-state index < -0.39 is 5.91 Å². The number of fused-ring (bicyclic) bond motifs is 1. The molecule has 0 aliphatic carbocycles. The van der Waals surface area contributed by atoms with Crippen LogP contribution in [0.4, 0.5) is 11.5 Å². The molecule has 5 N–H and O–H groups in total. The number of rotatable bonds is 3. The molecule has 0 atom stereocenters. The summed E-state index contributed by atoms with van der Waals surface area (Å²) in [6, 6.07) is 13.1. The number of nitrogens with zero attached hydrogens (tertiary/aromatic N) is 2. The minimum Gasteiger partial charge on any atom is -0.383 e. The van der Waals surface area contributed by atoms with Crippen molar-refractivity contribution in [2.75, 3.05) is 11.1 Å². The normalized spacial score (nSPS) is 13.1. The van der Waals surface area contributed by atoms with Crippen LogP contribution in [0.15, 0.2) is 42.5 Å². The number of nitrogens with two attached hydrogens (primary N) is 2. The molecular weight excluding hydrogens is 342 g/mol. The third-order valence-electron chi connectivity index (χ3n) is 4.79. The second kappa shape index (κ2) is 6.28. The first-order valence-corrected chi connectivity index (χ1v) is 8.63. The zero-order chi connectivity index (χ0) is 19.1. The predicted molar refractivity (Wildman–Crippen MR) is 104 cm³/mol. The molecule has 27 heavy (non-hydrogen) atoms. The first-order valence-electron chi connectivity index (χ1n) is 8.63. The molecule has 0 bridgehead atoms. The molecule has 4 rings (SSSR count). The largest absolute Gasteiger partial charge is 0.383 e. The maximum atomic E-state index is 12.1. The fourth-order valence-electron chi connectivity index (χ4n) is 3.51. The first-order chi connectivity index (χ1) is 13.0. The molecule has 0 saturated heterocycles. The lowest BCUT2D eigenvalue weighted by atomic mass is 9.98. The van der Waals surface area contributed by atoms with Gasteiger partial charge in [-0.2, -0.15) is 5.10 Å². The van der Waals surface area contributed by atoms with E-state index >= 15 is 0 Å². The van der Waals surface area contributed by atoms with Gasteiger partial charge in [-0.25, -0.2) is 4.68 Å². The number of nitrogens with one attached hydrogen (secondary N) is 1. The average molecular weight is 361 g/mol. The number of primary amides is 1. The van der Waals surface area contributed by atoms with Crippen molar-refractivity contribution in [3.8, 4) is 16.9 Å². The van der Waals surface area contributed by atoms with E-state index in [2.05, 4.69) is 10.4 Å². The van der Waals surface area contributed by atoms with E-state index in [1.54, 1.807) is 4.68 Å². The van der Waals surface area contributed by atoms with Gasteiger partial charge in [0.25, 0.3) is 5.91 Å². The van der Waals surface area contributed by atoms with Gasteiger partial charge in [-0.3, -0.25) is 9.59 Å². The summed E-state index contributed by atoms with van der Waals surface area (Å²) in [5.74, 6) is -0.461. The van der Waals surface area contributed by atoms with E-state index in [1.165, 1.54) is 0 Å². The monoisotopic (exact) mass is 361 g/mol. The lowest BCUT2D eigenvalue weighted by Gasteiger charge is -2.22. The van der Waals surface area contributed by atoms with Crippen LogP contribution in [0.1, 0.15) is 27.9 Å². The Bertz CT molecular complexity index is 1070. The molecule has 0 fully saturated rings. The number of nitrogen functional groups attached to an aromatic ring is 1. The van der Waals surface area contributed by atoms with E-state index in [9.17, 15) is 9.59 Å². The van der Waals surface area contributed by atoms with Crippen LogP contribution in [0.3, 0.4) is 0 Å². The van der Waals surface area contributed by atoms with Crippen molar-refractivity contribution in [3.63, 3.8) is 0 Å². The number of anilines is 2. The molecule has 1 aliphatic rings. The molecule has 0 unspecified atom stereocenters. The molecule has 0 spiro atoms. The quantitative estimate of drug-likeness (QED) is 0.664. The number of aromatic nitrogens is 2. The number of hydrogen-bond acceptors (Lipinski definition) is 4. The SMILES string of the molecule is Cc1ccc2c(c1-n1nc(-c3ccccc3)c(C(N)=O)c1N)CCC(=O)N2. The van der Waals surface area contributed by atoms with Gasteiger partial charge in [0.05, 0.1) is 5.69 Å². The lowest BCUT2D eigenvalue weighted by molar-refractivity contribution is -0.116. The van der Waals surface area contributed by atoms with Gasteiger partial charge in [0.1, 0.15) is 17.1 Å². The van der Waals surface area contributed by atoms with Gasteiger partial charge in [-0.15, -0.1) is 0 Å². The minimum absolute atomic E-state index is 0.0199. The summed E-state index contributed by atoms with van der Waals surface area (Å²) in [6.45, 7) is 1.94. The van der Waals surface area contributed by atoms with Crippen molar-refractivity contribution in [2.24, 2.45) is 5.73 Å². The molecule has 1 aliphatic heterocycles. The standard InChI is InChI=1S/C20H19N5O2/c1-11-7-9-14-13(8-10-15(26)23-14)18(11)25-19(21)16(20(22)27)17(24-25)12-5-3-2-4-6-12/h2-7,9H,8,10,21H2,1H3,(H2,22,27)(H,23,26). The van der Waals surface area contributed by atoms with Crippen molar-refractivity contribution in [1.82, 2.24) is 9.78 Å². The average Bonchev–Trinajstić information content (AvgIpc) is 3.00. The van der Waals surface area contributed by atoms with Crippen molar-refractivity contribution in [2.45, 2.75) is 19.8 Å². The van der Waals surface area contributed by atoms with Crippen molar-refractivity contribution < 1.29 is 9.59 Å². The molecule has 136 valence electrons. The minimum atomic E-state index is -0.631. The van der Waals surface area contributed by atoms with Gasteiger partial charge in [-0.1, -0.05) is 36.4 Å². The summed E-state index contributed by atoms with van der Waals surface area (Å²) in [5.41, 5.74) is 16.7. The number of amides is 2. The first kappa shape index (κ1) is 16.8. The van der Waals surface area contributed by atoms with Crippen molar-refractivity contribution >= 4 is 23.3 Å².